The van der Waals surface area contributed by atoms with Gasteiger partial charge < -0.3 is 18.9 Å². The Labute approximate surface area is 220 Å². The van der Waals surface area contributed by atoms with E-state index in [4.69, 9.17) is 18.9 Å². The van der Waals surface area contributed by atoms with E-state index in [2.05, 4.69) is 58.4 Å². The zero-order chi connectivity index (χ0) is 25.1. The third-order valence-electron chi connectivity index (χ3n) is 6.39. The predicted molar refractivity (Wildman–Crippen MR) is 149 cm³/mol. The maximum Gasteiger partial charge on any atom is 0.169 e. The zero-order valence-corrected chi connectivity index (χ0v) is 22.1. The number of hydrogen-bond donors (Lipinski definition) is 0. The lowest BCUT2D eigenvalue weighted by Gasteiger charge is -2.17. The van der Waals surface area contributed by atoms with Crippen LogP contribution in [0.25, 0.3) is 23.3 Å². The second kappa shape index (κ2) is 10.5. The molecule has 0 aliphatic carbocycles. The van der Waals surface area contributed by atoms with Crippen molar-refractivity contribution in [2.45, 2.75) is 12.8 Å². The van der Waals surface area contributed by atoms with Crippen molar-refractivity contribution in [1.29, 1.82) is 0 Å². The Morgan fingerprint density at radius 2 is 1.50 bits per heavy atom. The van der Waals surface area contributed by atoms with Gasteiger partial charge in [0.2, 0.25) is 0 Å². The van der Waals surface area contributed by atoms with Gasteiger partial charge in [-0.3, -0.25) is 0 Å². The summed E-state index contributed by atoms with van der Waals surface area (Å²) in [5.74, 6) is 3.79. The number of halogens is 1. The van der Waals surface area contributed by atoms with Crippen LogP contribution >= 0.6 is 15.9 Å². The van der Waals surface area contributed by atoms with Crippen LogP contribution in [-0.4, -0.2) is 21.3 Å². The Balaban J connectivity index is 1.68. The molecule has 0 saturated carbocycles. The summed E-state index contributed by atoms with van der Waals surface area (Å²) in [5, 5.41) is 0. The van der Waals surface area contributed by atoms with Crippen LogP contribution in [0.1, 0.15) is 22.3 Å². The van der Waals surface area contributed by atoms with E-state index in [1.54, 1.807) is 21.3 Å². The highest BCUT2D eigenvalue weighted by atomic mass is 79.9. The van der Waals surface area contributed by atoms with Gasteiger partial charge in [0.05, 0.1) is 21.3 Å². The van der Waals surface area contributed by atoms with Gasteiger partial charge in [-0.25, -0.2) is 0 Å². The standard InChI is InChI=1S/C31H27BrO4/c1-33-25-13-14-26-22(17-25)9-4-20-6-11-24(12-7-20)36-31-16-21(8-15-29(31)34-2)5-10-23-18-30(35-3)27(26)19-28(23)32/h4,6-9,11-19H,5,10H2,1-3H3/b9-4+. The topological polar surface area (TPSA) is 36.9 Å². The first-order chi connectivity index (χ1) is 17.6. The van der Waals surface area contributed by atoms with Crippen molar-refractivity contribution in [1.82, 2.24) is 0 Å². The van der Waals surface area contributed by atoms with E-state index >= 15 is 0 Å². The van der Waals surface area contributed by atoms with Crippen molar-refractivity contribution >= 4 is 28.1 Å². The molecule has 5 heteroatoms. The number of ether oxygens (including phenoxy) is 4. The summed E-state index contributed by atoms with van der Waals surface area (Å²) in [6.45, 7) is 0. The molecule has 4 aromatic rings. The monoisotopic (exact) mass is 542 g/mol. The summed E-state index contributed by atoms with van der Waals surface area (Å²) in [7, 11) is 5.06. The average molecular weight is 543 g/mol. The molecule has 6 bridgehead atoms. The molecule has 4 nitrogen and oxygen atoms in total. The molecule has 4 aliphatic rings. The number of benzene rings is 4. The first-order valence-electron chi connectivity index (χ1n) is 11.8. The van der Waals surface area contributed by atoms with Crippen LogP contribution in [-0.2, 0) is 12.8 Å². The van der Waals surface area contributed by atoms with E-state index in [0.29, 0.717) is 11.5 Å². The molecule has 182 valence electrons. The molecule has 4 aliphatic heterocycles. The third kappa shape index (κ3) is 4.98. The fourth-order valence-corrected chi connectivity index (χ4v) is 4.95. The molecular formula is C31H27BrO4. The van der Waals surface area contributed by atoms with E-state index in [9.17, 15) is 0 Å². The molecule has 8 rings (SSSR count). The summed E-state index contributed by atoms with van der Waals surface area (Å²) >= 11 is 3.82. The van der Waals surface area contributed by atoms with E-state index in [0.717, 1.165) is 56.8 Å². The van der Waals surface area contributed by atoms with Crippen LogP contribution in [0.5, 0.6) is 28.7 Å². The summed E-state index contributed by atoms with van der Waals surface area (Å²) in [5.41, 5.74) is 6.52. The summed E-state index contributed by atoms with van der Waals surface area (Å²) in [6, 6.07) is 24.5. The van der Waals surface area contributed by atoms with Crippen LogP contribution in [0.15, 0.2) is 77.3 Å². The average Bonchev–Trinajstić information content (AvgIpc) is 2.91. The fraction of sp³-hybridized carbons (Fsp3) is 0.161. The minimum Gasteiger partial charge on any atom is -0.497 e. The molecule has 0 atom stereocenters. The van der Waals surface area contributed by atoms with Crippen molar-refractivity contribution in [3.63, 3.8) is 0 Å². The van der Waals surface area contributed by atoms with Crippen molar-refractivity contribution in [2.75, 3.05) is 21.3 Å². The second-order valence-corrected chi connectivity index (χ2v) is 9.44. The number of hydrogen-bond acceptors (Lipinski definition) is 4. The second-order valence-electron chi connectivity index (χ2n) is 8.59. The highest BCUT2D eigenvalue weighted by Gasteiger charge is 2.15. The Morgan fingerprint density at radius 3 is 2.25 bits per heavy atom. The van der Waals surface area contributed by atoms with Gasteiger partial charge in [0.15, 0.2) is 11.5 Å². The molecule has 0 N–H and O–H groups in total. The van der Waals surface area contributed by atoms with Gasteiger partial charge in [0, 0.05) is 10.0 Å². The van der Waals surface area contributed by atoms with Gasteiger partial charge in [0.25, 0.3) is 0 Å². The molecule has 0 aromatic heterocycles. The smallest absolute Gasteiger partial charge is 0.169 e. The van der Waals surface area contributed by atoms with Gasteiger partial charge in [-0.1, -0.05) is 46.3 Å². The molecule has 0 spiro atoms. The normalized spacial score (nSPS) is 13.2. The maximum absolute atomic E-state index is 6.21. The lowest BCUT2D eigenvalue weighted by molar-refractivity contribution is 0.378. The van der Waals surface area contributed by atoms with Crippen molar-refractivity contribution in [2.24, 2.45) is 0 Å². The highest BCUT2D eigenvalue weighted by Crippen LogP contribution is 2.39. The van der Waals surface area contributed by atoms with E-state index in [1.807, 2.05) is 42.5 Å². The molecule has 0 unspecified atom stereocenters. The Bertz CT molecular complexity index is 1420. The van der Waals surface area contributed by atoms with Crippen LogP contribution in [0.2, 0.25) is 0 Å². The van der Waals surface area contributed by atoms with Gasteiger partial charge in [-0.15, -0.1) is 0 Å². The molecular weight excluding hydrogens is 516 g/mol. The Hall–Kier alpha value is -3.70. The number of aryl methyl sites for hydroxylation is 2. The fourth-order valence-electron chi connectivity index (χ4n) is 4.41. The minimum absolute atomic E-state index is 0.701. The third-order valence-corrected chi connectivity index (χ3v) is 7.13. The number of rotatable bonds is 3. The molecule has 4 aromatic carbocycles. The van der Waals surface area contributed by atoms with Crippen molar-refractivity contribution in [3.05, 3.63) is 99.5 Å². The molecule has 0 amide bonds. The molecule has 0 saturated heterocycles. The molecule has 36 heavy (non-hydrogen) atoms. The first-order valence-corrected chi connectivity index (χ1v) is 12.5. The van der Waals surface area contributed by atoms with E-state index < -0.39 is 0 Å². The quantitative estimate of drug-likeness (QED) is 0.261. The minimum atomic E-state index is 0.701. The summed E-state index contributed by atoms with van der Waals surface area (Å²) in [6.07, 6.45) is 5.87. The highest BCUT2D eigenvalue weighted by molar-refractivity contribution is 9.10. The van der Waals surface area contributed by atoms with Crippen LogP contribution in [0.3, 0.4) is 0 Å². The summed E-state index contributed by atoms with van der Waals surface area (Å²) in [4.78, 5) is 0. The predicted octanol–water partition coefficient (Wildman–Crippen LogP) is 8.20. The van der Waals surface area contributed by atoms with Gasteiger partial charge >= 0.3 is 0 Å². The molecule has 0 radical (unpaired) electrons. The van der Waals surface area contributed by atoms with Crippen LogP contribution < -0.4 is 18.9 Å². The number of methoxy groups -OCH3 is 3. The van der Waals surface area contributed by atoms with Crippen LogP contribution in [0, 0.1) is 0 Å². The first kappa shape index (κ1) is 24.0. The van der Waals surface area contributed by atoms with Gasteiger partial charge in [-0.2, -0.15) is 0 Å². The van der Waals surface area contributed by atoms with E-state index in [1.165, 1.54) is 11.1 Å². The van der Waals surface area contributed by atoms with E-state index in [-0.39, 0.29) is 0 Å². The lowest BCUT2D eigenvalue weighted by Crippen LogP contribution is -1.98. The van der Waals surface area contributed by atoms with Gasteiger partial charge in [0.1, 0.15) is 17.2 Å². The van der Waals surface area contributed by atoms with Crippen molar-refractivity contribution in [3.8, 4) is 39.9 Å². The lowest BCUT2D eigenvalue weighted by atomic mass is 9.95. The zero-order valence-electron chi connectivity index (χ0n) is 20.5. The maximum atomic E-state index is 6.21. The SMILES string of the molecule is COc1ccc2c(c1)/C=C/c1ccc(cc1)Oc1cc(ccc1OC)CCc1cc(OC)c-2cc1Br. The largest absolute Gasteiger partial charge is 0.497 e. The van der Waals surface area contributed by atoms with Crippen LogP contribution in [0.4, 0.5) is 0 Å². The molecule has 0 fully saturated rings. The van der Waals surface area contributed by atoms with Gasteiger partial charge in [-0.05, 0) is 95.3 Å². The summed E-state index contributed by atoms with van der Waals surface area (Å²) < 4.78 is 24.2. The Kier molecular flexibility index (Phi) is 7.01. The molecule has 4 heterocycles. The Morgan fingerprint density at radius 1 is 0.694 bits per heavy atom. The van der Waals surface area contributed by atoms with Crippen molar-refractivity contribution < 1.29 is 18.9 Å².